The molecule has 3 aromatic rings. The van der Waals surface area contributed by atoms with E-state index in [1.165, 1.54) is 17.4 Å². The van der Waals surface area contributed by atoms with Crippen LogP contribution >= 0.6 is 22.9 Å². The monoisotopic (exact) mass is 360 g/mol. The molecule has 0 unspecified atom stereocenters. The summed E-state index contributed by atoms with van der Waals surface area (Å²) in [4.78, 5) is 20.6. The highest BCUT2D eigenvalue weighted by Gasteiger charge is 2.10. The lowest BCUT2D eigenvalue weighted by atomic mass is 10.2. The van der Waals surface area contributed by atoms with Crippen LogP contribution in [0.1, 0.15) is 15.2 Å². The number of aryl methyl sites for hydroxylation is 1. The summed E-state index contributed by atoms with van der Waals surface area (Å²) >= 11 is 7.21. The van der Waals surface area contributed by atoms with Crippen molar-refractivity contribution in [2.75, 3.05) is 11.1 Å². The molecule has 0 radical (unpaired) electrons. The lowest BCUT2D eigenvalue weighted by molar-refractivity contribution is 0.103. The minimum Gasteiger partial charge on any atom is -0.439 e. The third kappa shape index (κ3) is 3.81. The standard InChI is InChI=1S/C16H13ClN4O2S/c1-9-6-7-24-14(9)15(22)19-10-2-4-11(5-3-10)23-13-8-12(17)20-16(18)21-13/h2-8H,1H3,(H,19,22)(H2,18,20,21). The molecular formula is C16H13ClN4O2S. The summed E-state index contributed by atoms with van der Waals surface area (Å²) in [6.45, 7) is 1.90. The number of thiophene rings is 1. The third-order valence-electron chi connectivity index (χ3n) is 3.09. The summed E-state index contributed by atoms with van der Waals surface area (Å²) in [6, 6.07) is 10.3. The minimum absolute atomic E-state index is 0.0349. The van der Waals surface area contributed by atoms with Crippen LogP contribution < -0.4 is 15.8 Å². The number of hydrogen-bond donors (Lipinski definition) is 2. The maximum Gasteiger partial charge on any atom is 0.265 e. The van der Waals surface area contributed by atoms with E-state index in [2.05, 4.69) is 15.3 Å². The average Bonchev–Trinajstić information content (AvgIpc) is 2.94. The topological polar surface area (TPSA) is 90.1 Å². The van der Waals surface area contributed by atoms with Crippen LogP contribution in [0, 0.1) is 6.92 Å². The van der Waals surface area contributed by atoms with Gasteiger partial charge in [0.2, 0.25) is 11.8 Å². The van der Waals surface area contributed by atoms with Gasteiger partial charge in [0.25, 0.3) is 5.91 Å². The van der Waals surface area contributed by atoms with E-state index in [1.54, 1.807) is 24.3 Å². The first-order valence-electron chi connectivity index (χ1n) is 6.95. The molecule has 0 fully saturated rings. The number of hydrogen-bond acceptors (Lipinski definition) is 6. The molecule has 1 amide bonds. The fourth-order valence-electron chi connectivity index (χ4n) is 1.99. The van der Waals surface area contributed by atoms with Crippen molar-refractivity contribution in [3.8, 4) is 11.6 Å². The van der Waals surface area contributed by atoms with E-state index in [0.29, 0.717) is 16.3 Å². The number of ether oxygens (including phenoxy) is 1. The molecule has 3 N–H and O–H groups in total. The van der Waals surface area contributed by atoms with Crippen molar-refractivity contribution in [1.29, 1.82) is 0 Å². The number of carbonyl (C=O) groups is 1. The molecule has 0 atom stereocenters. The number of nitrogens with one attached hydrogen (secondary N) is 1. The quantitative estimate of drug-likeness (QED) is 0.683. The van der Waals surface area contributed by atoms with Crippen molar-refractivity contribution < 1.29 is 9.53 Å². The number of rotatable bonds is 4. The second-order valence-corrected chi connectivity index (χ2v) is 6.20. The first kappa shape index (κ1) is 16.2. The van der Waals surface area contributed by atoms with Gasteiger partial charge in [-0.3, -0.25) is 4.79 Å². The Labute approximate surface area is 147 Å². The van der Waals surface area contributed by atoms with E-state index in [4.69, 9.17) is 22.1 Å². The highest BCUT2D eigenvalue weighted by Crippen LogP contribution is 2.24. The largest absolute Gasteiger partial charge is 0.439 e. The van der Waals surface area contributed by atoms with Gasteiger partial charge in [0.1, 0.15) is 10.9 Å². The lowest BCUT2D eigenvalue weighted by Crippen LogP contribution is -2.11. The normalized spacial score (nSPS) is 10.4. The Morgan fingerprint density at radius 1 is 1.25 bits per heavy atom. The van der Waals surface area contributed by atoms with Gasteiger partial charge in [-0.25, -0.2) is 4.98 Å². The second kappa shape index (κ2) is 6.86. The molecule has 0 aliphatic rings. The molecule has 1 aromatic carbocycles. The summed E-state index contributed by atoms with van der Waals surface area (Å²) in [5.74, 6) is 0.687. The number of nitrogens with zero attached hydrogens (tertiary/aromatic N) is 2. The predicted octanol–water partition coefficient (Wildman–Crippen LogP) is 4.13. The fraction of sp³-hybridized carbons (Fsp3) is 0.0625. The number of halogens is 1. The van der Waals surface area contributed by atoms with E-state index >= 15 is 0 Å². The summed E-state index contributed by atoms with van der Waals surface area (Å²) in [7, 11) is 0. The van der Waals surface area contributed by atoms with Gasteiger partial charge in [-0.2, -0.15) is 4.98 Å². The first-order valence-corrected chi connectivity index (χ1v) is 8.20. The van der Waals surface area contributed by atoms with Crippen LogP contribution in [-0.4, -0.2) is 15.9 Å². The Kier molecular flexibility index (Phi) is 4.64. The number of nitrogens with two attached hydrogens (primary N) is 1. The average molecular weight is 361 g/mol. The predicted molar refractivity (Wildman–Crippen MR) is 95.0 cm³/mol. The van der Waals surface area contributed by atoms with Crippen LogP contribution in [0.25, 0.3) is 0 Å². The van der Waals surface area contributed by atoms with Gasteiger partial charge in [0, 0.05) is 11.8 Å². The first-order chi connectivity index (χ1) is 11.5. The van der Waals surface area contributed by atoms with Gasteiger partial charge < -0.3 is 15.8 Å². The van der Waals surface area contributed by atoms with E-state index in [-0.39, 0.29) is 22.9 Å². The van der Waals surface area contributed by atoms with Crippen molar-refractivity contribution in [2.45, 2.75) is 6.92 Å². The lowest BCUT2D eigenvalue weighted by Gasteiger charge is -2.08. The Morgan fingerprint density at radius 2 is 2.00 bits per heavy atom. The van der Waals surface area contributed by atoms with E-state index in [9.17, 15) is 4.79 Å². The van der Waals surface area contributed by atoms with Gasteiger partial charge in [-0.1, -0.05) is 11.6 Å². The Balaban J connectivity index is 1.69. The highest BCUT2D eigenvalue weighted by molar-refractivity contribution is 7.12. The third-order valence-corrected chi connectivity index (χ3v) is 4.30. The van der Waals surface area contributed by atoms with Gasteiger partial charge in [0.05, 0.1) is 4.88 Å². The second-order valence-electron chi connectivity index (χ2n) is 4.90. The molecular weight excluding hydrogens is 348 g/mol. The van der Waals surface area contributed by atoms with E-state index < -0.39 is 0 Å². The van der Waals surface area contributed by atoms with Crippen LogP contribution in [0.2, 0.25) is 5.15 Å². The number of benzene rings is 1. The fourth-order valence-corrected chi connectivity index (χ4v) is 2.99. The van der Waals surface area contributed by atoms with Gasteiger partial charge in [-0.05, 0) is 48.2 Å². The zero-order valence-corrected chi connectivity index (χ0v) is 14.2. The summed E-state index contributed by atoms with van der Waals surface area (Å²) in [6.07, 6.45) is 0. The molecule has 6 nitrogen and oxygen atoms in total. The molecule has 24 heavy (non-hydrogen) atoms. The summed E-state index contributed by atoms with van der Waals surface area (Å²) in [5, 5.41) is 4.93. The van der Waals surface area contributed by atoms with Crippen LogP contribution in [0.15, 0.2) is 41.8 Å². The molecule has 122 valence electrons. The van der Waals surface area contributed by atoms with Crippen molar-refractivity contribution in [1.82, 2.24) is 9.97 Å². The zero-order valence-electron chi connectivity index (χ0n) is 12.6. The highest BCUT2D eigenvalue weighted by atomic mass is 35.5. The number of amides is 1. The molecule has 0 aliphatic heterocycles. The summed E-state index contributed by atoms with van der Waals surface area (Å²) < 4.78 is 5.57. The van der Waals surface area contributed by atoms with Gasteiger partial charge >= 0.3 is 0 Å². The van der Waals surface area contributed by atoms with Crippen molar-refractivity contribution in [2.24, 2.45) is 0 Å². The molecule has 3 rings (SSSR count). The Morgan fingerprint density at radius 3 is 2.62 bits per heavy atom. The van der Waals surface area contributed by atoms with E-state index in [0.717, 1.165) is 5.56 Å². The zero-order chi connectivity index (χ0) is 17.1. The molecule has 0 saturated heterocycles. The van der Waals surface area contributed by atoms with Crippen LogP contribution in [-0.2, 0) is 0 Å². The van der Waals surface area contributed by atoms with Crippen LogP contribution in [0.3, 0.4) is 0 Å². The minimum atomic E-state index is -0.133. The van der Waals surface area contributed by atoms with Crippen molar-refractivity contribution in [3.63, 3.8) is 0 Å². The van der Waals surface area contributed by atoms with Crippen molar-refractivity contribution >= 4 is 40.5 Å². The SMILES string of the molecule is Cc1ccsc1C(=O)Nc1ccc(Oc2cc(Cl)nc(N)n2)cc1. The maximum atomic E-state index is 12.2. The number of aromatic nitrogens is 2. The van der Waals surface area contributed by atoms with Gasteiger partial charge in [0.15, 0.2) is 0 Å². The summed E-state index contributed by atoms with van der Waals surface area (Å²) in [5.41, 5.74) is 7.14. The maximum absolute atomic E-state index is 12.2. The molecule has 8 heteroatoms. The molecule has 0 spiro atoms. The number of carbonyl (C=O) groups excluding carboxylic acids is 1. The van der Waals surface area contributed by atoms with Crippen LogP contribution in [0.5, 0.6) is 11.6 Å². The van der Waals surface area contributed by atoms with E-state index in [1.807, 2.05) is 18.4 Å². The number of nitrogen functional groups attached to an aromatic ring is 1. The van der Waals surface area contributed by atoms with Crippen molar-refractivity contribution in [3.05, 3.63) is 57.4 Å². The molecule has 0 saturated carbocycles. The molecule has 0 aliphatic carbocycles. The molecule has 2 heterocycles. The van der Waals surface area contributed by atoms with Gasteiger partial charge in [-0.15, -0.1) is 11.3 Å². The number of anilines is 2. The molecule has 2 aromatic heterocycles. The van der Waals surface area contributed by atoms with Crippen LogP contribution in [0.4, 0.5) is 11.6 Å². The Hall–Kier alpha value is -2.64. The smallest absolute Gasteiger partial charge is 0.265 e. The molecule has 0 bridgehead atoms. The Bertz CT molecular complexity index is 860.